The average Bonchev–Trinajstić information content (AvgIpc) is 2.37. The Balaban J connectivity index is 2.88. The summed E-state index contributed by atoms with van der Waals surface area (Å²) in [5.74, 6) is 0.874. The number of nitrogens with zero attached hydrogens (tertiary/aromatic N) is 2. The molecule has 0 radical (unpaired) electrons. The Labute approximate surface area is 115 Å². The summed E-state index contributed by atoms with van der Waals surface area (Å²) in [4.78, 5) is 2.25. The molecule has 4 heteroatoms. The Kier molecular flexibility index (Phi) is 6.17. The van der Waals surface area contributed by atoms with Crippen LogP contribution in [-0.4, -0.2) is 24.1 Å². The topological polar surface area (TPSA) is 62.3 Å². The van der Waals surface area contributed by atoms with Crippen LogP contribution in [0.1, 0.15) is 32.8 Å². The zero-order valence-corrected chi connectivity index (χ0v) is 12.0. The lowest BCUT2D eigenvalue weighted by molar-refractivity contribution is 0.213. The SMILES string of the molecule is CCOc1ccc(N)cc1CN(CCC#N)C(C)C. The molecule has 4 nitrogen and oxygen atoms in total. The van der Waals surface area contributed by atoms with Crippen molar-refractivity contribution in [2.45, 2.75) is 39.8 Å². The third-order valence-corrected chi connectivity index (χ3v) is 3.00. The summed E-state index contributed by atoms with van der Waals surface area (Å²) in [5, 5.41) is 8.72. The van der Waals surface area contributed by atoms with E-state index < -0.39 is 0 Å². The molecular formula is C15H23N3O. The van der Waals surface area contributed by atoms with E-state index in [1.807, 2.05) is 25.1 Å². The van der Waals surface area contributed by atoms with E-state index in [0.717, 1.165) is 30.1 Å². The van der Waals surface area contributed by atoms with Crippen molar-refractivity contribution >= 4 is 5.69 Å². The van der Waals surface area contributed by atoms with E-state index in [1.165, 1.54) is 0 Å². The van der Waals surface area contributed by atoms with Crippen molar-refractivity contribution in [1.29, 1.82) is 5.26 Å². The maximum absolute atomic E-state index is 8.72. The minimum atomic E-state index is 0.379. The number of ether oxygens (including phenoxy) is 1. The Morgan fingerprint density at radius 3 is 2.74 bits per heavy atom. The molecule has 2 N–H and O–H groups in total. The van der Waals surface area contributed by atoms with Gasteiger partial charge >= 0.3 is 0 Å². The molecule has 104 valence electrons. The maximum Gasteiger partial charge on any atom is 0.123 e. The first-order chi connectivity index (χ1) is 9.08. The fourth-order valence-corrected chi connectivity index (χ4v) is 1.95. The number of nitriles is 1. The fraction of sp³-hybridized carbons (Fsp3) is 0.533. The van der Waals surface area contributed by atoms with Gasteiger partial charge in [-0.25, -0.2) is 0 Å². The summed E-state index contributed by atoms with van der Waals surface area (Å²) in [6.07, 6.45) is 0.532. The van der Waals surface area contributed by atoms with Crippen LogP contribution in [0.3, 0.4) is 0 Å². The number of anilines is 1. The van der Waals surface area contributed by atoms with Crippen molar-refractivity contribution in [1.82, 2.24) is 4.90 Å². The van der Waals surface area contributed by atoms with Gasteiger partial charge in [0.2, 0.25) is 0 Å². The molecule has 0 aromatic heterocycles. The predicted molar refractivity (Wildman–Crippen MR) is 77.8 cm³/mol. The van der Waals surface area contributed by atoms with Gasteiger partial charge < -0.3 is 10.5 Å². The summed E-state index contributed by atoms with van der Waals surface area (Å²) < 4.78 is 5.63. The molecule has 0 atom stereocenters. The van der Waals surface area contributed by atoms with Crippen LogP contribution < -0.4 is 10.5 Å². The summed E-state index contributed by atoms with van der Waals surface area (Å²) in [6, 6.07) is 8.29. The maximum atomic E-state index is 8.72. The van der Waals surface area contributed by atoms with E-state index in [-0.39, 0.29) is 0 Å². The Bertz CT molecular complexity index is 438. The number of rotatable bonds is 7. The van der Waals surface area contributed by atoms with Gasteiger partial charge in [0, 0.05) is 36.8 Å². The van der Waals surface area contributed by atoms with Crippen molar-refractivity contribution in [3.05, 3.63) is 23.8 Å². The number of benzene rings is 1. The van der Waals surface area contributed by atoms with Crippen molar-refractivity contribution in [2.24, 2.45) is 0 Å². The number of hydrogen-bond acceptors (Lipinski definition) is 4. The number of hydrogen-bond donors (Lipinski definition) is 1. The van der Waals surface area contributed by atoms with Crippen LogP contribution in [0.15, 0.2) is 18.2 Å². The lowest BCUT2D eigenvalue weighted by Gasteiger charge is -2.26. The van der Waals surface area contributed by atoms with E-state index in [1.54, 1.807) is 0 Å². The summed E-state index contributed by atoms with van der Waals surface area (Å²) in [6.45, 7) is 8.37. The third kappa shape index (κ3) is 4.80. The smallest absolute Gasteiger partial charge is 0.123 e. The molecular weight excluding hydrogens is 238 g/mol. The van der Waals surface area contributed by atoms with E-state index >= 15 is 0 Å². The van der Waals surface area contributed by atoms with Gasteiger partial charge in [-0.3, -0.25) is 4.90 Å². The molecule has 0 amide bonds. The first kappa shape index (κ1) is 15.3. The summed E-state index contributed by atoms with van der Waals surface area (Å²) in [5.41, 5.74) is 7.66. The minimum Gasteiger partial charge on any atom is -0.494 e. The van der Waals surface area contributed by atoms with Crippen molar-refractivity contribution in [3.8, 4) is 11.8 Å². The second-order valence-electron chi connectivity index (χ2n) is 4.77. The first-order valence-electron chi connectivity index (χ1n) is 6.70. The lowest BCUT2D eigenvalue weighted by Crippen LogP contribution is -2.31. The largest absolute Gasteiger partial charge is 0.494 e. The van der Waals surface area contributed by atoms with Gasteiger partial charge in [-0.2, -0.15) is 5.26 Å². The number of nitrogens with two attached hydrogens (primary N) is 1. The van der Waals surface area contributed by atoms with Gasteiger partial charge in [0.1, 0.15) is 5.75 Å². The molecule has 1 aromatic carbocycles. The molecule has 0 aliphatic carbocycles. The monoisotopic (exact) mass is 261 g/mol. The first-order valence-corrected chi connectivity index (χ1v) is 6.70. The molecule has 0 aliphatic rings. The van der Waals surface area contributed by atoms with Crippen molar-refractivity contribution in [2.75, 3.05) is 18.9 Å². The lowest BCUT2D eigenvalue weighted by atomic mass is 10.1. The molecule has 19 heavy (non-hydrogen) atoms. The molecule has 0 aliphatic heterocycles. The molecule has 1 rings (SSSR count). The van der Waals surface area contributed by atoms with Gasteiger partial charge in [0.25, 0.3) is 0 Å². The van der Waals surface area contributed by atoms with Gasteiger partial charge in [0.15, 0.2) is 0 Å². The van der Waals surface area contributed by atoms with Crippen LogP contribution in [0.5, 0.6) is 5.75 Å². The van der Waals surface area contributed by atoms with Crippen molar-refractivity contribution in [3.63, 3.8) is 0 Å². The normalized spacial score (nSPS) is 10.7. The highest BCUT2D eigenvalue weighted by atomic mass is 16.5. The summed E-state index contributed by atoms with van der Waals surface area (Å²) in [7, 11) is 0. The van der Waals surface area contributed by atoms with Gasteiger partial charge in [-0.15, -0.1) is 0 Å². The van der Waals surface area contributed by atoms with Crippen molar-refractivity contribution < 1.29 is 4.74 Å². The molecule has 0 bridgehead atoms. The van der Waals surface area contributed by atoms with Crippen LogP contribution in [-0.2, 0) is 6.54 Å². The van der Waals surface area contributed by atoms with E-state index in [4.69, 9.17) is 15.7 Å². The zero-order chi connectivity index (χ0) is 14.3. The second-order valence-corrected chi connectivity index (χ2v) is 4.77. The molecule has 0 saturated heterocycles. The summed E-state index contributed by atoms with van der Waals surface area (Å²) >= 11 is 0. The van der Waals surface area contributed by atoms with Crippen LogP contribution in [0, 0.1) is 11.3 Å². The van der Waals surface area contributed by atoms with Crippen LogP contribution in [0.2, 0.25) is 0 Å². The highest BCUT2D eigenvalue weighted by molar-refractivity contribution is 5.47. The standard InChI is InChI=1S/C15H23N3O/c1-4-19-15-7-6-14(17)10-13(15)11-18(12(2)3)9-5-8-16/h6-7,10,12H,4-5,9,11,17H2,1-3H3. The highest BCUT2D eigenvalue weighted by Gasteiger charge is 2.13. The Morgan fingerprint density at radius 1 is 1.42 bits per heavy atom. The molecule has 0 spiro atoms. The van der Waals surface area contributed by atoms with E-state index in [0.29, 0.717) is 19.1 Å². The minimum absolute atomic E-state index is 0.379. The fourth-order valence-electron chi connectivity index (χ4n) is 1.95. The van der Waals surface area contributed by atoms with E-state index in [9.17, 15) is 0 Å². The predicted octanol–water partition coefficient (Wildman–Crippen LogP) is 2.79. The van der Waals surface area contributed by atoms with Gasteiger partial charge in [-0.05, 0) is 39.0 Å². The molecule has 0 fully saturated rings. The second kappa shape index (κ2) is 7.65. The zero-order valence-electron chi connectivity index (χ0n) is 12.0. The molecule has 1 aromatic rings. The molecule has 0 unspecified atom stereocenters. The van der Waals surface area contributed by atoms with Crippen LogP contribution in [0.25, 0.3) is 0 Å². The highest BCUT2D eigenvalue weighted by Crippen LogP contribution is 2.24. The number of nitrogen functional groups attached to an aromatic ring is 1. The van der Waals surface area contributed by atoms with E-state index in [2.05, 4.69) is 24.8 Å². The third-order valence-electron chi connectivity index (χ3n) is 3.00. The van der Waals surface area contributed by atoms with Crippen LogP contribution >= 0.6 is 0 Å². The average molecular weight is 261 g/mol. The van der Waals surface area contributed by atoms with Gasteiger partial charge in [0.05, 0.1) is 12.7 Å². The van der Waals surface area contributed by atoms with Crippen LogP contribution in [0.4, 0.5) is 5.69 Å². The Morgan fingerprint density at radius 2 is 2.16 bits per heavy atom. The van der Waals surface area contributed by atoms with Gasteiger partial charge in [-0.1, -0.05) is 0 Å². The quantitative estimate of drug-likeness (QED) is 0.767. The molecule has 0 heterocycles. The molecule has 0 saturated carbocycles. The Hall–Kier alpha value is -1.73.